The Balaban J connectivity index is 1.17. The van der Waals surface area contributed by atoms with Gasteiger partial charge in [0.15, 0.2) is 7.14 Å². The van der Waals surface area contributed by atoms with E-state index in [-0.39, 0.29) is 0 Å². The Hall–Kier alpha value is -5.76. The minimum atomic E-state index is -3.03. The number of fused-ring (bicyclic) bond motifs is 6. The van der Waals surface area contributed by atoms with E-state index in [4.69, 9.17) is 4.99 Å². The van der Waals surface area contributed by atoms with E-state index in [1.165, 1.54) is 0 Å². The molecule has 0 amide bonds. The number of benzene rings is 6. The van der Waals surface area contributed by atoms with E-state index in [1.54, 1.807) is 0 Å². The summed E-state index contributed by atoms with van der Waals surface area (Å²) in [5, 5.41) is 2.49. The normalized spacial score (nSPS) is 15.1. The fourth-order valence-corrected chi connectivity index (χ4v) is 9.35. The largest absolute Gasteiger partial charge is 0.309 e. The lowest BCUT2D eigenvalue weighted by molar-refractivity contribution is 0.592. The Kier molecular flexibility index (Phi) is 7.68. The first-order valence-electron chi connectivity index (χ1n) is 16.1. The number of rotatable bonds is 5. The second-order valence-corrected chi connectivity index (χ2v) is 14.7. The molecule has 0 saturated carbocycles. The zero-order chi connectivity index (χ0) is 32.5. The summed E-state index contributed by atoms with van der Waals surface area (Å²) in [7, 11) is -3.03. The van der Waals surface area contributed by atoms with Crippen molar-refractivity contribution < 1.29 is 4.57 Å². The van der Waals surface area contributed by atoms with Crippen molar-refractivity contribution in [2.24, 2.45) is 4.99 Å². The molecule has 2 aliphatic rings. The van der Waals surface area contributed by atoms with Crippen LogP contribution in [-0.4, -0.2) is 12.4 Å². The van der Waals surface area contributed by atoms with Crippen LogP contribution in [0, 0.1) is 0 Å². The third-order valence-corrected chi connectivity index (χ3v) is 12.2. The number of aliphatic imine (C=N–C) groups is 1. The maximum absolute atomic E-state index is 14.8. The molecule has 6 aromatic rings. The molecule has 2 heterocycles. The summed E-state index contributed by atoms with van der Waals surface area (Å²) in [6, 6.07) is 51.7. The average Bonchev–Trinajstić information content (AvgIpc) is 3.25. The van der Waals surface area contributed by atoms with Crippen molar-refractivity contribution in [2.45, 2.75) is 0 Å². The fraction of sp³-hybridized carbons (Fsp3) is 0.0227. The Labute approximate surface area is 282 Å². The molecule has 0 atom stereocenters. The second kappa shape index (κ2) is 12.4. The van der Waals surface area contributed by atoms with Crippen molar-refractivity contribution in [3.05, 3.63) is 194 Å². The molecule has 0 aliphatic carbocycles. The first-order valence-corrected chi connectivity index (χ1v) is 17.9. The van der Waals surface area contributed by atoms with Gasteiger partial charge in [-0.2, -0.15) is 0 Å². The van der Waals surface area contributed by atoms with Crippen molar-refractivity contribution >= 4 is 34.6 Å². The van der Waals surface area contributed by atoms with Gasteiger partial charge in [-0.05, 0) is 52.1 Å². The predicted octanol–water partition coefficient (Wildman–Crippen LogP) is 9.53. The van der Waals surface area contributed by atoms with E-state index >= 15 is 0 Å². The highest BCUT2D eigenvalue weighted by atomic mass is 31.2. The number of nitrogens with zero attached hydrogens (tertiary/aromatic N) is 2. The fourth-order valence-electron chi connectivity index (χ4n) is 6.70. The maximum atomic E-state index is 14.8. The third-order valence-electron chi connectivity index (χ3n) is 9.08. The zero-order valence-electron chi connectivity index (χ0n) is 26.4. The minimum Gasteiger partial charge on any atom is -0.309 e. The second-order valence-electron chi connectivity index (χ2n) is 12.0. The average molecular weight is 637 g/mol. The molecule has 0 aromatic heterocycles. The lowest BCUT2D eigenvalue weighted by Gasteiger charge is -2.34. The third kappa shape index (κ3) is 5.19. The molecule has 0 spiro atoms. The van der Waals surface area contributed by atoms with Crippen LogP contribution in [0.1, 0.15) is 5.56 Å². The monoisotopic (exact) mass is 636 g/mol. The number of hydrogen-bond acceptors (Lipinski definition) is 3. The number of hydrogen-bond donors (Lipinski definition) is 0. The van der Waals surface area contributed by atoms with Crippen LogP contribution in [0.4, 0.5) is 5.69 Å². The van der Waals surface area contributed by atoms with Gasteiger partial charge < -0.3 is 4.57 Å². The van der Waals surface area contributed by atoms with Gasteiger partial charge in [-0.3, -0.25) is 9.89 Å². The summed E-state index contributed by atoms with van der Waals surface area (Å²) in [6.07, 6.45) is 8.14. The highest BCUT2D eigenvalue weighted by Crippen LogP contribution is 2.44. The highest BCUT2D eigenvalue weighted by molar-refractivity contribution is 7.85. The van der Waals surface area contributed by atoms with E-state index in [9.17, 15) is 4.57 Å². The van der Waals surface area contributed by atoms with E-state index in [2.05, 4.69) is 96.4 Å². The van der Waals surface area contributed by atoms with Crippen molar-refractivity contribution in [1.29, 1.82) is 0 Å². The lowest BCUT2D eigenvalue weighted by Crippen LogP contribution is -2.34. The number of allylic oxidation sites excluding steroid dienone is 3. The van der Waals surface area contributed by atoms with Crippen LogP contribution in [0.25, 0.3) is 33.4 Å². The quantitative estimate of drug-likeness (QED) is 0.177. The molecule has 0 bridgehead atoms. The standard InChI is InChI=1S/C44H33N2OP/c1-32-14-5-4-12-29-45-44-41-28-25-36(31-42(41)40-21-10-11-22-43(40)46(32)44)35-16-13-15-34(30-35)33-23-26-39(27-24-33)48(47,37-17-6-2-7-18-37)38-19-8-3-9-20-38/h2-28,30-31H,1,29H2/b12-4-,14-5-,45-44?. The summed E-state index contributed by atoms with van der Waals surface area (Å²) in [5.74, 6) is 0.911. The molecule has 0 fully saturated rings. The van der Waals surface area contributed by atoms with Crippen molar-refractivity contribution in [3.8, 4) is 33.4 Å². The summed E-state index contributed by atoms with van der Waals surface area (Å²) in [6.45, 7) is 4.97. The molecule has 0 unspecified atom stereocenters. The van der Waals surface area contributed by atoms with Crippen LogP contribution in [0.5, 0.6) is 0 Å². The van der Waals surface area contributed by atoms with Crippen LogP contribution >= 0.6 is 7.14 Å². The smallest absolute Gasteiger partial charge is 0.171 e. The molecule has 4 heteroatoms. The topological polar surface area (TPSA) is 32.7 Å². The minimum absolute atomic E-state index is 0.597. The van der Waals surface area contributed by atoms with Gasteiger partial charge >= 0.3 is 0 Å². The molecule has 3 nitrogen and oxygen atoms in total. The van der Waals surface area contributed by atoms with Crippen LogP contribution in [0.2, 0.25) is 0 Å². The molecular formula is C44H33N2OP. The molecular weight excluding hydrogens is 603 g/mol. The van der Waals surface area contributed by atoms with E-state index in [0.717, 1.165) is 72.1 Å². The molecule has 2 aliphatic heterocycles. The number of amidine groups is 1. The van der Waals surface area contributed by atoms with Crippen molar-refractivity contribution in [3.63, 3.8) is 0 Å². The van der Waals surface area contributed by atoms with Crippen molar-refractivity contribution in [1.82, 2.24) is 0 Å². The number of para-hydroxylation sites is 1. The maximum Gasteiger partial charge on any atom is 0.171 e. The molecule has 0 radical (unpaired) electrons. The van der Waals surface area contributed by atoms with Gasteiger partial charge in [-0.25, -0.2) is 0 Å². The van der Waals surface area contributed by atoms with E-state index in [1.807, 2.05) is 91.0 Å². The van der Waals surface area contributed by atoms with Crippen LogP contribution < -0.4 is 20.8 Å². The Morgan fingerprint density at radius 1 is 0.542 bits per heavy atom. The molecule has 0 saturated heterocycles. The number of anilines is 1. The predicted molar refractivity (Wildman–Crippen MR) is 203 cm³/mol. The Morgan fingerprint density at radius 3 is 1.88 bits per heavy atom. The van der Waals surface area contributed by atoms with Gasteiger partial charge in [-0.15, -0.1) is 0 Å². The van der Waals surface area contributed by atoms with Gasteiger partial charge in [0.1, 0.15) is 5.84 Å². The van der Waals surface area contributed by atoms with E-state index in [0.29, 0.717) is 6.54 Å². The van der Waals surface area contributed by atoms with Crippen LogP contribution in [0.15, 0.2) is 193 Å². The first-order chi connectivity index (χ1) is 23.6. The molecule has 6 aromatic carbocycles. The summed E-state index contributed by atoms with van der Waals surface area (Å²) >= 11 is 0. The summed E-state index contributed by atoms with van der Waals surface area (Å²) < 4.78 is 14.8. The highest BCUT2D eigenvalue weighted by Gasteiger charge is 2.30. The molecule has 230 valence electrons. The molecule has 48 heavy (non-hydrogen) atoms. The van der Waals surface area contributed by atoms with Gasteiger partial charge in [0.05, 0.1) is 12.2 Å². The molecule has 0 N–H and O–H groups in total. The first kappa shape index (κ1) is 29.6. The Bertz CT molecular complexity index is 2260. The van der Waals surface area contributed by atoms with Gasteiger partial charge in [0.2, 0.25) is 0 Å². The Morgan fingerprint density at radius 2 is 1.15 bits per heavy atom. The lowest BCUT2D eigenvalue weighted by atomic mass is 9.88. The summed E-state index contributed by atoms with van der Waals surface area (Å²) in [5.41, 5.74) is 9.81. The SMILES string of the molecule is C=C1/C=C\C=C/CN=C2c3ccc(-c4cccc(-c5ccc(P(=O)(c6ccccc6)c6ccccc6)cc5)c4)cc3-c3ccccc3N12. The zero-order valence-corrected chi connectivity index (χ0v) is 27.3. The van der Waals surface area contributed by atoms with Gasteiger partial charge in [0, 0.05) is 32.7 Å². The van der Waals surface area contributed by atoms with Gasteiger partial charge in [0.25, 0.3) is 0 Å². The summed E-state index contributed by atoms with van der Waals surface area (Å²) in [4.78, 5) is 7.18. The molecule has 8 rings (SSSR count). The van der Waals surface area contributed by atoms with Crippen LogP contribution in [0.3, 0.4) is 0 Å². The van der Waals surface area contributed by atoms with E-state index < -0.39 is 7.14 Å². The van der Waals surface area contributed by atoms with Crippen LogP contribution in [-0.2, 0) is 4.57 Å². The van der Waals surface area contributed by atoms with Gasteiger partial charge in [-0.1, -0.05) is 158 Å². The van der Waals surface area contributed by atoms with Crippen molar-refractivity contribution in [2.75, 3.05) is 11.4 Å².